The highest BCUT2D eigenvalue weighted by Crippen LogP contribution is 2.28. The van der Waals surface area contributed by atoms with Crippen molar-refractivity contribution in [3.05, 3.63) is 23.1 Å². The molecule has 0 aromatic carbocycles. The van der Waals surface area contributed by atoms with Crippen LogP contribution in [0.2, 0.25) is 0 Å². The highest BCUT2D eigenvalue weighted by atomic mass is 32.1. The molecular weight excluding hydrogens is 284 g/mol. The fourth-order valence-electron chi connectivity index (χ4n) is 2.70. The highest BCUT2D eigenvalue weighted by Gasteiger charge is 2.26. The van der Waals surface area contributed by atoms with Gasteiger partial charge in [0, 0.05) is 24.6 Å². The fourth-order valence-corrected chi connectivity index (χ4v) is 3.15. The molecule has 1 atom stereocenters. The second-order valence-corrected chi connectivity index (χ2v) is 6.50. The van der Waals surface area contributed by atoms with Crippen LogP contribution in [0.15, 0.2) is 11.6 Å². The number of nitrogens with zero attached hydrogens (tertiary/aromatic N) is 5. The van der Waals surface area contributed by atoms with Crippen molar-refractivity contribution in [2.45, 2.75) is 39.2 Å². The predicted octanol–water partition coefficient (Wildman–Crippen LogP) is 2.58. The average Bonchev–Trinajstić information content (AvgIpc) is 3.08. The number of likely N-dealkylation sites (tertiary alicyclic amines) is 1. The van der Waals surface area contributed by atoms with Crippen LogP contribution < -0.4 is 5.32 Å². The molecule has 3 heterocycles. The number of aryl methyl sites for hydroxylation is 1. The van der Waals surface area contributed by atoms with Crippen LogP contribution in [0.5, 0.6) is 0 Å². The summed E-state index contributed by atoms with van der Waals surface area (Å²) in [7, 11) is 0. The van der Waals surface area contributed by atoms with E-state index in [2.05, 4.69) is 44.2 Å². The largest absolute Gasteiger partial charge is 0.315 e. The van der Waals surface area contributed by atoms with E-state index in [0.717, 1.165) is 42.0 Å². The number of hydrogen-bond acceptors (Lipinski definition) is 7. The molecule has 0 spiro atoms. The van der Waals surface area contributed by atoms with E-state index in [1.54, 1.807) is 5.51 Å². The Balaban J connectivity index is 1.78. The minimum absolute atomic E-state index is 0.490. The van der Waals surface area contributed by atoms with E-state index in [-0.39, 0.29) is 0 Å². The molecule has 1 aliphatic rings. The van der Waals surface area contributed by atoms with Crippen LogP contribution >= 0.6 is 11.3 Å². The van der Waals surface area contributed by atoms with Crippen molar-refractivity contribution in [3.63, 3.8) is 0 Å². The molecule has 21 heavy (non-hydrogen) atoms. The Morgan fingerprint density at radius 1 is 1.38 bits per heavy atom. The Morgan fingerprint density at radius 3 is 2.90 bits per heavy atom. The first kappa shape index (κ1) is 14.3. The summed E-state index contributed by atoms with van der Waals surface area (Å²) in [5.74, 6) is 2.09. The Labute approximate surface area is 128 Å². The van der Waals surface area contributed by atoms with Crippen LogP contribution in [-0.2, 0) is 0 Å². The van der Waals surface area contributed by atoms with Crippen LogP contribution in [0, 0.1) is 6.92 Å². The van der Waals surface area contributed by atoms with Gasteiger partial charge in [-0.3, -0.25) is 0 Å². The van der Waals surface area contributed by atoms with Gasteiger partial charge in [-0.25, -0.2) is 9.97 Å². The summed E-state index contributed by atoms with van der Waals surface area (Å²) in [6, 6.07) is 2.64. The summed E-state index contributed by atoms with van der Waals surface area (Å²) in [6.45, 7) is 8.65. The van der Waals surface area contributed by atoms with Gasteiger partial charge in [0.1, 0.15) is 17.2 Å². The van der Waals surface area contributed by atoms with E-state index in [0.29, 0.717) is 12.0 Å². The lowest BCUT2D eigenvalue weighted by Crippen LogP contribution is -2.28. The fraction of sp³-hybridized carbons (Fsp3) is 0.571. The quantitative estimate of drug-likeness (QED) is 0.936. The van der Waals surface area contributed by atoms with Crippen molar-refractivity contribution in [2.75, 3.05) is 18.4 Å². The van der Waals surface area contributed by atoms with Crippen LogP contribution in [-0.4, -0.2) is 44.2 Å². The topological polar surface area (TPSA) is 66.8 Å². The molecule has 0 saturated carbocycles. The van der Waals surface area contributed by atoms with E-state index in [4.69, 9.17) is 0 Å². The zero-order valence-corrected chi connectivity index (χ0v) is 13.4. The van der Waals surface area contributed by atoms with Gasteiger partial charge in [-0.05, 0) is 33.7 Å². The maximum absolute atomic E-state index is 4.63. The van der Waals surface area contributed by atoms with Crippen molar-refractivity contribution < 1.29 is 0 Å². The van der Waals surface area contributed by atoms with Crippen molar-refractivity contribution in [1.29, 1.82) is 0 Å². The van der Waals surface area contributed by atoms with Crippen LogP contribution in [0.4, 0.5) is 10.9 Å². The van der Waals surface area contributed by atoms with Gasteiger partial charge in [-0.2, -0.15) is 0 Å². The second kappa shape index (κ2) is 6.03. The lowest BCUT2D eigenvalue weighted by molar-refractivity contribution is 0.272. The number of anilines is 2. The Bertz CT molecular complexity index is 598. The summed E-state index contributed by atoms with van der Waals surface area (Å²) < 4.78 is 0. The minimum atomic E-state index is 0.490. The van der Waals surface area contributed by atoms with Crippen LogP contribution in [0.1, 0.15) is 37.7 Å². The first-order valence-electron chi connectivity index (χ1n) is 7.24. The Hall–Kier alpha value is -1.60. The maximum Gasteiger partial charge on any atom is 0.210 e. The molecule has 7 heteroatoms. The summed E-state index contributed by atoms with van der Waals surface area (Å²) in [4.78, 5) is 11.6. The summed E-state index contributed by atoms with van der Waals surface area (Å²) in [6.07, 6.45) is 1.16. The zero-order chi connectivity index (χ0) is 14.8. The smallest absolute Gasteiger partial charge is 0.210 e. The van der Waals surface area contributed by atoms with Gasteiger partial charge < -0.3 is 10.2 Å². The molecule has 1 aliphatic heterocycles. The molecular formula is C14H20N6S. The molecule has 0 amide bonds. The molecule has 1 fully saturated rings. The maximum atomic E-state index is 4.63. The summed E-state index contributed by atoms with van der Waals surface area (Å²) in [5.41, 5.74) is 2.83. The minimum Gasteiger partial charge on any atom is -0.315 e. The molecule has 1 saturated heterocycles. The van der Waals surface area contributed by atoms with Crippen molar-refractivity contribution in [1.82, 2.24) is 25.1 Å². The lowest BCUT2D eigenvalue weighted by Gasteiger charge is -2.20. The van der Waals surface area contributed by atoms with Gasteiger partial charge in [0.15, 0.2) is 0 Å². The number of rotatable bonds is 4. The average molecular weight is 304 g/mol. The van der Waals surface area contributed by atoms with Gasteiger partial charge in [-0.1, -0.05) is 11.3 Å². The van der Waals surface area contributed by atoms with E-state index >= 15 is 0 Å². The highest BCUT2D eigenvalue weighted by molar-refractivity contribution is 7.13. The lowest BCUT2D eigenvalue weighted by atomic mass is 10.0. The van der Waals surface area contributed by atoms with Gasteiger partial charge in [-0.15, -0.1) is 10.2 Å². The molecule has 0 bridgehead atoms. The molecule has 0 radical (unpaired) electrons. The molecule has 6 nitrogen and oxygen atoms in total. The second-order valence-electron chi connectivity index (χ2n) is 5.67. The third-order valence-corrected chi connectivity index (χ3v) is 4.43. The van der Waals surface area contributed by atoms with Gasteiger partial charge in [0.25, 0.3) is 0 Å². The monoisotopic (exact) mass is 304 g/mol. The summed E-state index contributed by atoms with van der Waals surface area (Å²) >= 11 is 1.46. The molecule has 2 aromatic rings. The van der Waals surface area contributed by atoms with Crippen molar-refractivity contribution >= 4 is 22.3 Å². The molecule has 112 valence electrons. The van der Waals surface area contributed by atoms with E-state index < -0.39 is 0 Å². The molecule has 0 unspecified atom stereocenters. The third kappa shape index (κ3) is 3.36. The summed E-state index contributed by atoms with van der Waals surface area (Å²) in [5, 5.41) is 11.8. The number of nitrogens with one attached hydrogen (secondary N) is 1. The standard InChI is InChI=1S/C14H20N6S/c1-9(2)20-5-4-11(7-20)12-6-13(17-10(3)16-12)18-14-19-15-8-21-14/h6,8-9,11H,4-5,7H2,1-3H3,(H,16,17,18,19)/t11-/m0/s1. The molecule has 3 rings (SSSR count). The molecule has 2 aromatic heterocycles. The van der Waals surface area contributed by atoms with Crippen molar-refractivity contribution in [3.8, 4) is 0 Å². The SMILES string of the molecule is Cc1nc(Nc2nncs2)cc([C@H]2CCN(C(C)C)C2)n1. The van der Waals surface area contributed by atoms with Crippen molar-refractivity contribution in [2.24, 2.45) is 0 Å². The molecule has 1 N–H and O–H groups in total. The predicted molar refractivity (Wildman–Crippen MR) is 84.0 cm³/mol. The molecule has 0 aliphatic carbocycles. The van der Waals surface area contributed by atoms with Gasteiger partial charge in [0.2, 0.25) is 5.13 Å². The van der Waals surface area contributed by atoms with E-state index in [9.17, 15) is 0 Å². The van der Waals surface area contributed by atoms with Gasteiger partial charge in [0.05, 0.1) is 5.69 Å². The van der Waals surface area contributed by atoms with E-state index in [1.807, 2.05) is 13.0 Å². The third-order valence-electron chi connectivity index (χ3n) is 3.82. The number of aromatic nitrogens is 4. The Morgan fingerprint density at radius 2 is 2.24 bits per heavy atom. The van der Waals surface area contributed by atoms with Crippen LogP contribution in [0.3, 0.4) is 0 Å². The Kier molecular flexibility index (Phi) is 4.12. The number of hydrogen-bond donors (Lipinski definition) is 1. The van der Waals surface area contributed by atoms with E-state index in [1.165, 1.54) is 11.3 Å². The van der Waals surface area contributed by atoms with Crippen LogP contribution in [0.25, 0.3) is 0 Å². The first-order chi connectivity index (χ1) is 10.1. The normalized spacial score (nSPS) is 19.3. The van der Waals surface area contributed by atoms with Gasteiger partial charge >= 0.3 is 0 Å². The first-order valence-corrected chi connectivity index (χ1v) is 8.12. The zero-order valence-electron chi connectivity index (χ0n) is 12.6.